The molecule has 18 heavy (non-hydrogen) atoms. The lowest BCUT2D eigenvalue weighted by Crippen LogP contribution is -2.31. The van der Waals surface area contributed by atoms with Gasteiger partial charge in [-0.3, -0.25) is 4.79 Å². The fraction of sp³-hybridized carbons (Fsp3) is 0.533. The van der Waals surface area contributed by atoms with E-state index in [4.69, 9.17) is 0 Å². The first-order chi connectivity index (χ1) is 8.54. The third-order valence-electron chi connectivity index (χ3n) is 3.84. The fourth-order valence-electron chi connectivity index (χ4n) is 2.36. The van der Waals surface area contributed by atoms with Crippen LogP contribution in [0.2, 0.25) is 0 Å². The number of fused-ring (bicyclic) bond motifs is 1. The van der Waals surface area contributed by atoms with E-state index in [0.717, 1.165) is 29.8 Å². The van der Waals surface area contributed by atoms with Crippen LogP contribution in [0.4, 0.5) is 5.69 Å². The van der Waals surface area contributed by atoms with Crippen LogP contribution in [0.3, 0.4) is 0 Å². The van der Waals surface area contributed by atoms with Gasteiger partial charge >= 0.3 is 0 Å². The van der Waals surface area contributed by atoms with E-state index in [1.807, 2.05) is 6.92 Å². The van der Waals surface area contributed by atoms with Gasteiger partial charge in [0.15, 0.2) is 0 Å². The molecule has 1 aliphatic rings. The summed E-state index contributed by atoms with van der Waals surface area (Å²) in [5.74, 6) is 0.665. The average molecular weight is 246 g/mol. The van der Waals surface area contributed by atoms with Gasteiger partial charge in [0.1, 0.15) is 6.04 Å². The van der Waals surface area contributed by atoms with Crippen molar-refractivity contribution >= 4 is 11.6 Å². The Morgan fingerprint density at radius 1 is 1.33 bits per heavy atom. The quantitative estimate of drug-likeness (QED) is 0.857. The third kappa shape index (κ3) is 2.27. The van der Waals surface area contributed by atoms with Gasteiger partial charge in [-0.25, -0.2) is 0 Å². The van der Waals surface area contributed by atoms with Crippen molar-refractivity contribution in [2.75, 3.05) is 11.9 Å². The molecule has 0 aromatic heterocycles. The summed E-state index contributed by atoms with van der Waals surface area (Å²) in [7, 11) is 0. The van der Waals surface area contributed by atoms with E-state index in [0.29, 0.717) is 5.92 Å². The molecule has 0 saturated heterocycles. The van der Waals surface area contributed by atoms with Gasteiger partial charge in [0, 0.05) is 11.3 Å². The number of benzene rings is 1. The largest absolute Gasteiger partial charge is 0.324 e. The van der Waals surface area contributed by atoms with Crippen molar-refractivity contribution in [3.63, 3.8) is 0 Å². The average Bonchev–Trinajstić information content (AvgIpc) is 2.69. The van der Waals surface area contributed by atoms with Crippen LogP contribution in [0.1, 0.15) is 43.0 Å². The summed E-state index contributed by atoms with van der Waals surface area (Å²) in [5.41, 5.74) is 4.44. The molecule has 0 saturated carbocycles. The van der Waals surface area contributed by atoms with Crippen molar-refractivity contribution in [3.8, 4) is 0 Å². The summed E-state index contributed by atoms with van der Waals surface area (Å²) in [6.07, 6.45) is 1.13. The zero-order chi connectivity index (χ0) is 13.3. The van der Waals surface area contributed by atoms with E-state index >= 15 is 0 Å². The Morgan fingerprint density at radius 2 is 2.00 bits per heavy atom. The molecular weight excluding hydrogens is 224 g/mol. The summed E-state index contributed by atoms with van der Waals surface area (Å²) < 4.78 is 0. The Bertz CT molecular complexity index is 468. The number of amides is 1. The van der Waals surface area contributed by atoms with Crippen molar-refractivity contribution in [1.29, 1.82) is 0 Å². The SMILES string of the molecule is CCC(C)CNC1C(=O)Nc2c(C)ccc(C)c21. The van der Waals surface area contributed by atoms with Crippen LogP contribution in [0.5, 0.6) is 0 Å². The van der Waals surface area contributed by atoms with E-state index in [9.17, 15) is 4.79 Å². The molecule has 0 spiro atoms. The Labute approximate surface area is 109 Å². The van der Waals surface area contributed by atoms with Gasteiger partial charge in [0.05, 0.1) is 0 Å². The maximum Gasteiger partial charge on any atom is 0.246 e. The molecule has 98 valence electrons. The summed E-state index contributed by atoms with van der Waals surface area (Å²) >= 11 is 0. The number of hydrogen-bond donors (Lipinski definition) is 2. The van der Waals surface area contributed by atoms with Crippen LogP contribution in [-0.4, -0.2) is 12.5 Å². The normalized spacial score (nSPS) is 19.6. The summed E-state index contributed by atoms with van der Waals surface area (Å²) in [5, 5.41) is 6.39. The van der Waals surface area contributed by atoms with Gasteiger partial charge in [-0.05, 0) is 37.4 Å². The van der Waals surface area contributed by atoms with Crippen molar-refractivity contribution < 1.29 is 4.79 Å². The molecule has 0 aliphatic carbocycles. The topological polar surface area (TPSA) is 41.1 Å². The Balaban J connectivity index is 2.25. The lowest BCUT2D eigenvalue weighted by molar-refractivity contribution is -0.117. The summed E-state index contributed by atoms with van der Waals surface area (Å²) in [6, 6.07) is 3.96. The second-order valence-electron chi connectivity index (χ2n) is 5.33. The van der Waals surface area contributed by atoms with E-state index < -0.39 is 0 Å². The molecular formula is C15H22N2O. The van der Waals surface area contributed by atoms with Crippen LogP contribution < -0.4 is 10.6 Å². The highest BCUT2D eigenvalue weighted by Crippen LogP contribution is 2.36. The van der Waals surface area contributed by atoms with E-state index in [-0.39, 0.29) is 11.9 Å². The zero-order valence-corrected chi connectivity index (χ0v) is 11.6. The molecule has 2 rings (SSSR count). The molecule has 1 aromatic rings. The molecule has 0 fully saturated rings. The van der Waals surface area contributed by atoms with E-state index in [2.05, 4.69) is 43.5 Å². The maximum absolute atomic E-state index is 12.1. The van der Waals surface area contributed by atoms with Crippen LogP contribution in [0, 0.1) is 19.8 Å². The summed E-state index contributed by atoms with van der Waals surface area (Å²) in [6.45, 7) is 9.35. The minimum Gasteiger partial charge on any atom is -0.324 e. The van der Waals surface area contributed by atoms with E-state index in [1.54, 1.807) is 0 Å². The minimum atomic E-state index is -0.186. The second kappa shape index (κ2) is 5.11. The lowest BCUT2D eigenvalue weighted by Gasteiger charge is -2.16. The number of nitrogens with one attached hydrogen (secondary N) is 2. The van der Waals surface area contributed by atoms with Crippen LogP contribution in [0.15, 0.2) is 12.1 Å². The first-order valence-electron chi connectivity index (χ1n) is 6.69. The second-order valence-corrected chi connectivity index (χ2v) is 5.33. The molecule has 3 heteroatoms. The standard InChI is InChI=1S/C15H22N2O/c1-5-9(2)8-16-14-12-10(3)6-7-11(4)13(12)17-15(14)18/h6-7,9,14,16H,5,8H2,1-4H3,(H,17,18). The first kappa shape index (κ1) is 13.1. The maximum atomic E-state index is 12.1. The van der Waals surface area contributed by atoms with Crippen LogP contribution in [0.25, 0.3) is 0 Å². The molecule has 1 aliphatic heterocycles. The van der Waals surface area contributed by atoms with Crippen molar-refractivity contribution in [2.45, 2.75) is 40.2 Å². The molecule has 3 nitrogen and oxygen atoms in total. The molecule has 0 bridgehead atoms. The molecule has 1 heterocycles. The Morgan fingerprint density at radius 3 is 2.67 bits per heavy atom. The highest BCUT2D eigenvalue weighted by atomic mass is 16.2. The van der Waals surface area contributed by atoms with Gasteiger partial charge in [0.25, 0.3) is 0 Å². The van der Waals surface area contributed by atoms with Crippen LogP contribution >= 0.6 is 0 Å². The van der Waals surface area contributed by atoms with Gasteiger partial charge in [0.2, 0.25) is 5.91 Å². The van der Waals surface area contributed by atoms with Crippen molar-refractivity contribution in [2.24, 2.45) is 5.92 Å². The fourth-order valence-corrected chi connectivity index (χ4v) is 2.36. The molecule has 2 unspecified atom stereocenters. The number of carbonyl (C=O) groups is 1. The Kier molecular flexibility index (Phi) is 3.71. The third-order valence-corrected chi connectivity index (χ3v) is 3.84. The number of hydrogen-bond acceptors (Lipinski definition) is 2. The van der Waals surface area contributed by atoms with Crippen molar-refractivity contribution in [3.05, 3.63) is 28.8 Å². The van der Waals surface area contributed by atoms with Crippen molar-refractivity contribution in [1.82, 2.24) is 5.32 Å². The molecule has 1 aromatic carbocycles. The highest BCUT2D eigenvalue weighted by molar-refractivity contribution is 6.03. The number of carbonyl (C=O) groups excluding carboxylic acids is 1. The predicted octanol–water partition coefficient (Wildman–Crippen LogP) is 2.93. The lowest BCUT2D eigenvalue weighted by atomic mass is 9.98. The molecule has 2 atom stereocenters. The van der Waals surface area contributed by atoms with Gasteiger partial charge < -0.3 is 10.6 Å². The van der Waals surface area contributed by atoms with Gasteiger partial charge in [-0.1, -0.05) is 32.4 Å². The number of rotatable bonds is 4. The molecule has 0 radical (unpaired) electrons. The predicted molar refractivity (Wildman–Crippen MR) is 74.7 cm³/mol. The highest BCUT2D eigenvalue weighted by Gasteiger charge is 2.32. The smallest absolute Gasteiger partial charge is 0.246 e. The van der Waals surface area contributed by atoms with E-state index in [1.165, 1.54) is 5.56 Å². The minimum absolute atomic E-state index is 0.0747. The van der Waals surface area contributed by atoms with Gasteiger partial charge in [-0.15, -0.1) is 0 Å². The number of anilines is 1. The Hall–Kier alpha value is -1.35. The summed E-state index contributed by atoms with van der Waals surface area (Å²) in [4.78, 5) is 12.1. The number of aryl methyl sites for hydroxylation is 2. The van der Waals surface area contributed by atoms with Crippen LogP contribution in [-0.2, 0) is 4.79 Å². The zero-order valence-electron chi connectivity index (χ0n) is 11.6. The molecule has 1 amide bonds. The monoisotopic (exact) mass is 246 g/mol. The van der Waals surface area contributed by atoms with Gasteiger partial charge in [-0.2, -0.15) is 0 Å². The first-order valence-corrected chi connectivity index (χ1v) is 6.69. The molecule has 2 N–H and O–H groups in total.